The van der Waals surface area contributed by atoms with Crippen LogP contribution in [0.2, 0.25) is 0 Å². The summed E-state index contributed by atoms with van der Waals surface area (Å²) in [5.41, 5.74) is 9.42. The Morgan fingerprint density at radius 2 is 1.94 bits per heavy atom. The van der Waals surface area contributed by atoms with Gasteiger partial charge >= 0.3 is 0 Å². The van der Waals surface area contributed by atoms with E-state index in [1.165, 1.54) is 0 Å². The molecule has 3 rings (SSSR count). The lowest BCUT2D eigenvalue weighted by molar-refractivity contribution is 0.947. The van der Waals surface area contributed by atoms with Crippen LogP contribution in [0.3, 0.4) is 0 Å². The van der Waals surface area contributed by atoms with Gasteiger partial charge in [-0.15, -0.1) is 0 Å². The number of nitrogen functional groups attached to an aromatic ring is 1. The van der Waals surface area contributed by atoms with Gasteiger partial charge in [0.1, 0.15) is 5.52 Å². The second-order valence-electron chi connectivity index (χ2n) is 3.83. The molecule has 3 heterocycles. The normalized spacial score (nSPS) is 10.9. The number of hydrogen-bond donors (Lipinski definition) is 1. The molecule has 0 aliphatic carbocycles. The van der Waals surface area contributed by atoms with E-state index < -0.39 is 0 Å². The number of rotatable bonds is 1. The molecule has 0 amide bonds. The molecule has 3 aromatic rings. The number of nitrogens with zero attached hydrogens (tertiary/aromatic N) is 4. The van der Waals surface area contributed by atoms with Gasteiger partial charge in [-0.3, -0.25) is 9.55 Å². The number of hydrogen-bond acceptors (Lipinski definition) is 4. The van der Waals surface area contributed by atoms with Crippen molar-refractivity contribution in [2.24, 2.45) is 7.05 Å². The van der Waals surface area contributed by atoms with E-state index in [4.69, 9.17) is 5.73 Å². The average Bonchev–Trinajstić information content (AvgIpc) is 2.66. The zero-order chi connectivity index (χ0) is 11.8. The Morgan fingerprint density at radius 1 is 1.18 bits per heavy atom. The Balaban J connectivity index is 2.21. The van der Waals surface area contributed by atoms with Gasteiger partial charge in [0.2, 0.25) is 5.95 Å². The third kappa shape index (κ3) is 1.52. The first-order valence-electron chi connectivity index (χ1n) is 5.24. The van der Waals surface area contributed by atoms with E-state index >= 15 is 0 Å². The van der Waals surface area contributed by atoms with Crippen molar-refractivity contribution in [1.82, 2.24) is 19.5 Å². The largest absolute Gasteiger partial charge is 0.369 e. The molecule has 0 fully saturated rings. The Morgan fingerprint density at radius 3 is 2.71 bits per heavy atom. The molecule has 5 heteroatoms. The third-order valence-electron chi connectivity index (χ3n) is 2.76. The van der Waals surface area contributed by atoms with E-state index in [9.17, 15) is 0 Å². The third-order valence-corrected chi connectivity index (χ3v) is 2.76. The van der Waals surface area contributed by atoms with Crippen molar-refractivity contribution in [1.29, 1.82) is 0 Å². The Labute approximate surface area is 98.0 Å². The van der Waals surface area contributed by atoms with Crippen molar-refractivity contribution in [3.05, 3.63) is 36.8 Å². The standard InChI is InChI=1S/C12H11N5/c1-17-11-10(16-12(17)13)6-9(7-15-11)8-2-4-14-5-3-8/h2-7H,1H3,(H2,13,16). The molecule has 84 valence electrons. The molecule has 0 aromatic carbocycles. The molecule has 0 spiro atoms. The fourth-order valence-electron chi connectivity index (χ4n) is 1.80. The zero-order valence-corrected chi connectivity index (χ0v) is 9.33. The SMILES string of the molecule is Cn1c(N)nc2cc(-c3ccncc3)cnc21. The van der Waals surface area contributed by atoms with Gasteiger partial charge in [-0.05, 0) is 23.8 Å². The van der Waals surface area contributed by atoms with Crippen LogP contribution in [0.15, 0.2) is 36.8 Å². The second kappa shape index (κ2) is 3.55. The summed E-state index contributed by atoms with van der Waals surface area (Å²) in [4.78, 5) is 12.6. The highest BCUT2D eigenvalue weighted by Crippen LogP contribution is 2.22. The maximum absolute atomic E-state index is 5.74. The molecular weight excluding hydrogens is 214 g/mol. The lowest BCUT2D eigenvalue weighted by atomic mass is 10.1. The van der Waals surface area contributed by atoms with Gasteiger partial charge < -0.3 is 5.73 Å². The summed E-state index contributed by atoms with van der Waals surface area (Å²) in [5, 5.41) is 0. The van der Waals surface area contributed by atoms with Gasteiger partial charge in [-0.25, -0.2) is 9.97 Å². The van der Waals surface area contributed by atoms with Crippen LogP contribution in [0.4, 0.5) is 5.95 Å². The summed E-state index contributed by atoms with van der Waals surface area (Å²) in [5.74, 6) is 0.472. The van der Waals surface area contributed by atoms with Crippen LogP contribution < -0.4 is 5.73 Å². The van der Waals surface area contributed by atoms with E-state index in [2.05, 4.69) is 15.0 Å². The lowest BCUT2D eigenvalue weighted by Gasteiger charge is -2.00. The van der Waals surface area contributed by atoms with Gasteiger partial charge in [0, 0.05) is 31.2 Å². The van der Waals surface area contributed by atoms with Crippen LogP contribution in [-0.4, -0.2) is 19.5 Å². The van der Waals surface area contributed by atoms with Crippen molar-refractivity contribution < 1.29 is 0 Å². The molecule has 0 unspecified atom stereocenters. The van der Waals surface area contributed by atoms with Gasteiger partial charge in [0.25, 0.3) is 0 Å². The molecule has 0 saturated heterocycles. The van der Waals surface area contributed by atoms with Crippen molar-refractivity contribution in [2.75, 3.05) is 5.73 Å². The van der Waals surface area contributed by atoms with Gasteiger partial charge in [0.15, 0.2) is 5.65 Å². The monoisotopic (exact) mass is 225 g/mol. The predicted molar refractivity (Wildman–Crippen MR) is 66.2 cm³/mol. The number of nitrogens with two attached hydrogens (primary N) is 1. The molecular formula is C12H11N5. The van der Waals surface area contributed by atoms with E-state index in [1.54, 1.807) is 17.0 Å². The first-order valence-corrected chi connectivity index (χ1v) is 5.24. The predicted octanol–water partition coefficient (Wildman–Crippen LogP) is 1.61. The fourth-order valence-corrected chi connectivity index (χ4v) is 1.80. The smallest absolute Gasteiger partial charge is 0.202 e. The molecule has 0 saturated carbocycles. The van der Waals surface area contributed by atoms with Gasteiger partial charge in [0.05, 0.1) is 0 Å². The summed E-state index contributed by atoms with van der Waals surface area (Å²) in [6.45, 7) is 0. The minimum atomic E-state index is 0.472. The summed E-state index contributed by atoms with van der Waals surface area (Å²) in [6, 6.07) is 5.86. The Bertz CT molecular complexity index is 672. The molecule has 3 aromatic heterocycles. The van der Waals surface area contributed by atoms with Crippen LogP contribution >= 0.6 is 0 Å². The molecule has 5 nitrogen and oxygen atoms in total. The Hall–Kier alpha value is -2.43. The number of aromatic nitrogens is 4. The van der Waals surface area contributed by atoms with Crippen LogP contribution in [0.5, 0.6) is 0 Å². The Kier molecular flexibility index (Phi) is 2.04. The molecule has 0 aliphatic rings. The first kappa shape index (κ1) is 9.77. The molecule has 17 heavy (non-hydrogen) atoms. The highest BCUT2D eigenvalue weighted by molar-refractivity contribution is 5.79. The topological polar surface area (TPSA) is 69.6 Å². The van der Waals surface area contributed by atoms with Gasteiger partial charge in [-0.2, -0.15) is 0 Å². The number of pyridine rings is 2. The highest BCUT2D eigenvalue weighted by atomic mass is 15.2. The lowest BCUT2D eigenvalue weighted by Crippen LogP contribution is -1.96. The van der Waals surface area contributed by atoms with Crippen molar-refractivity contribution in [3.8, 4) is 11.1 Å². The van der Waals surface area contributed by atoms with Crippen LogP contribution in [0.25, 0.3) is 22.3 Å². The van der Waals surface area contributed by atoms with Crippen molar-refractivity contribution >= 4 is 17.1 Å². The maximum Gasteiger partial charge on any atom is 0.202 e. The zero-order valence-electron chi connectivity index (χ0n) is 9.33. The highest BCUT2D eigenvalue weighted by Gasteiger charge is 2.07. The second-order valence-corrected chi connectivity index (χ2v) is 3.83. The average molecular weight is 225 g/mol. The quantitative estimate of drug-likeness (QED) is 0.683. The molecule has 0 atom stereocenters. The van der Waals surface area contributed by atoms with E-state index in [0.717, 1.165) is 22.3 Å². The molecule has 0 aliphatic heterocycles. The number of anilines is 1. The van der Waals surface area contributed by atoms with Crippen LogP contribution in [0.1, 0.15) is 0 Å². The number of aryl methyl sites for hydroxylation is 1. The maximum atomic E-state index is 5.74. The summed E-state index contributed by atoms with van der Waals surface area (Å²) in [6.07, 6.45) is 5.33. The van der Waals surface area contributed by atoms with Crippen LogP contribution in [-0.2, 0) is 7.05 Å². The number of fused-ring (bicyclic) bond motifs is 1. The summed E-state index contributed by atoms with van der Waals surface area (Å²) < 4.78 is 1.77. The van der Waals surface area contributed by atoms with E-state index in [0.29, 0.717) is 5.95 Å². The van der Waals surface area contributed by atoms with E-state index in [1.807, 2.05) is 31.4 Å². The van der Waals surface area contributed by atoms with Crippen molar-refractivity contribution in [2.45, 2.75) is 0 Å². The first-order chi connectivity index (χ1) is 8.25. The van der Waals surface area contributed by atoms with Crippen LogP contribution in [0, 0.1) is 0 Å². The summed E-state index contributed by atoms with van der Waals surface area (Å²) >= 11 is 0. The van der Waals surface area contributed by atoms with Gasteiger partial charge in [-0.1, -0.05) is 0 Å². The number of imidazole rings is 1. The van der Waals surface area contributed by atoms with E-state index in [-0.39, 0.29) is 0 Å². The van der Waals surface area contributed by atoms with Crippen molar-refractivity contribution in [3.63, 3.8) is 0 Å². The minimum Gasteiger partial charge on any atom is -0.369 e. The molecule has 2 N–H and O–H groups in total. The summed E-state index contributed by atoms with van der Waals surface area (Å²) in [7, 11) is 1.85. The molecule has 0 bridgehead atoms. The fraction of sp³-hybridized carbons (Fsp3) is 0.0833. The molecule has 0 radical (unpaired) electrons. The minimum absolute atomic E-state index is 0.472.